The van der Waals surface area contributed by atoms with Gasteiger partial charge in [0.05, 0.1) is 48.0 Å². The molecule has 6 heteroatoms. The van der Waals surface area contributed by atoms with Gasteiger partial charge >= 0.3 is 0 Å². The zero-order valence-corrected chi connectivity index (χ0v) is 12.6. The summed E-state index contributed by atoms with van der Waals surface area (Å²) in [5.41, 5.74) is 2.45. The smallest absolute Gasteiger partial charge is 0.153 e. The van der Waals surface area contributed by atoms with E-state index >= 15 is 0 Å². The normalized spacial score (nSPS) is 10.7. The van der Waals surface area contributed by atoms with Gasteiger partial charge in [-0.3, -0.25) is 0 Å². The molecule has 0 atom stereocenters. The van der Waals surface area contributed by atoms with Crippen molar-refractivity contribution in [2.45, 2.75) is 0 Å². The summed E-state index contributed by atoms with van der Waals surface area (Å²) in [6, 6.07) is 10.9. The topological polar surface area (TPSA) is 96.8 Å². The average Bonchev–Trinajstić information content (AvgIpc) is 2.60. The van der Waals surface area contributed by atoms with E-state index in [0.29, 0.717) is 29.1 Å². The fourth-order valence-corrected chi connectivity index (χ4v) is 1.92. The fourth-order valence-electron chi connectivity index (χ4n) is 1.92. The molecule has 0 radical (unpaired) electrons. The van der Waals surface area contributed by atoms with Crippen molar-refractivity contribution in [3.05, 3.63) is 53.6 Å². The molecule has 1 N–H and O–H groups in total. The van der Waals surface area contributed by atoms with Crippen molar-refractivity contribution in [2.75, 3.05) is 25.1 Å². The number of nitriles is 2. The molecule has 1 aromatic carbocycles. The van der Waals surface area contributed by atoms with Crippen molar-refractivity contribution in [1.29, 1.82) is 10.5 Å². The van der Waals surface area contributed by atoms with Gasteiger partial charge in [-0.25, -0.2) is 9.97 Å². The summed E-state index contributed by atoms with van der Waals surface area (Å²) in [7, 11) is 1.84. The highest BCUT2D eigenvalue weighted by Gasteiger charge is 2.05. The van der Waals surface area contributed by atoms with E-state index in [4.69, 9.17) is 10.4 Å². The summed E-state index contributed by atoms with van der Waals surface area (Å²) >= 11 is 0. The first-order valence-electron chi connectivity index (χ1n) is 6.94. The molecule has 0 spiro atoms. The Kier molecular flexibility index (Phi) is 5.40. The first kappa shape index (κ1) is 16.2. The first-order chi connectivity index (χ1) is 11.2. The maximum absolute atomic E-state index is 9.31. The van der Waals surface area contributed by atoms with E-state index in [9.17, 15) is 5.26 Å². The maximum atomic E-state index is 9.31. The quantitative estimate of drug-likeness (QED) is 0.847. The Morgan fingerprint density at radius 3 is 2.39 bits per heavy atom. The van der Waals surface area contributed by atoms with E-state index < -0.39 is 0 Å². The summed E-state index contributed by atoms with van der Waals surface area (Å²) < 4.78 is 0. The van der Waals surface area contributed by atoms with Crippen LogP contribution in [0.1, 0.15) is 17.0 Å². The molecule has 2 aromatic rings. The zero-order chi connectivity index (χ0) is 16.7. The predicted octanol–water partition coefficient (Wildman–Crippen LogP) is 1.84. The lowest BCUT2D eigenvalue weighted by Gasteiger charge is -2.16. The van der Waals surface area contributed by atoms with Gasteiger partial charge in [-0.15, -0.1) is 0 Å². The Hall–Kier alpha value is -3.22. The van der Waals surface area contributed by atoms with Crippen LogP contribution in [0.15, 0.2) is 36.7 Å². The lowest BCUT2D eigenvalue weighted by atomic mass is 10.0. The van der Waals surface area contributed by atoms with Gasteiger partial charge in [-0.05, 0) is 17.7 Å². The van der Waals surface area contributed by atoms with E-state index in [0.717, 1.165) is 5.69 Å². The number of hydrogen-bond acceptors (Lipinski definition) is 6. The standard InChI is InChI=1S/C17H15N5O/c1-22(6-7-23)16-11-20-17(21-12-16)8-15(10-19)14-4-2-13(9-18)3-5-14/h2-5,8,11-12,23H,6-7H2,1H3/b15-8+. The molecule has 0 unspecified atom stereocenters. The number of aromatic nitrogens is 2. The van der Waals surface area contributed by atoms with Crippen LogP contribution in [-0.4, -0.2) is 35.3 Å². The van der Waals surface area contributed by atoms with Gasteiger partial charge in [-0.1, -0.05) is 12.1 Å². The van der Waals surface area contributed by atoms with Gasteiger partial charge in [-0.2, -0.15) is 10.5 Å². The Morgan fingerprint density at radius 2 is 1.87 bits per heavy atom. The molecule has 0 aliphatic carbocycles. The van der Waals surface area contributed by atoms with E-state index in [-0.39, 0.29) is 6.61 Å². The molecule has 2 rings (SSSR count). The minimum Gasteiger partial charge on any atom is -0.395 e. The molecule has 1 heterocycles. The predicted molar refractivity (Wildman–Crippen MR) is 87.0 cm³/mol. The molecule has 0 aliphatic heterocycles. The van der Waals surface area contributed by atoms with Crippen LogP contribution in [0, 0.1) is 22.7 Å². The summed E-state index contributed by atoms with van der Waals surface area (Å²) in [5, 5.41) is 27.0. The van der Waals surface area contributed by atoms with E-state index in [1.807, 2.05) is 18.0 Å². The number of hydrogen-bond donors (Lipinski definition) is 1. The van der Waals surface area contributed by atoms with Crippen LogP contribution in [-0.2, 0) is 0 Å². The number of rotatable bonds is 5. The first-order valence-corrected chi connectivity index (χ1v) is 6.94. The molecule has 1 aromatic heterocycles. The highest BCUT2D eigenvalue weighted by molar-refractivity contribution is 5.88. The van der Waals surface area contributed by atoms with Crippen LogP contribution < -0.4 is 4.90 Å². The number of benzene rings is 1. The van der Waals surface area contributed by atoms with Crippen molar-refractivity contribution >= 4 is 17.3 Å². The number of nitrogens with zero attached hydrogens (tertiary/aromatic N) is 5. The van der Waals surface area contributed by atoms with Gasteiger partial charge < -0.3 is 10.0 Å². The molecular weight excluding hydrogens is 290 g/mol. The molecule has 114 valence electrons. The SMILES string of the molecule is CN(CCO)c1cnc(/C=C(\C#N)c2ccc(C#N)cc2)nc1. The third-order valence-corrected chi connectivity index (χ3v) is 3.25. The Bertz CT molecular complexity index is 767. The number of anilines is 1. The number of aliphatic hydroxyl groups excluding tert-OH is 1. The van der Waals surface area contributed by atoms with Gasteiger partial charge in [0.25, 0.3) is 0 Å². The van der Waals surface area contributed by atoms with Crippen LogP contribution >= 0.6 is 0 Å². The van der Waals surface area contributed by atoms with Gasteiger partial charge in [0.2, 0.25) is 0 Å². The van der Waals surface area contributed by atoms with Gasteiger partial charge in [0.15, 0.2) is 5.82 Å². The summed E-state index contributed by atoms with van der Waals surface area (Å²) in [5.74, 6) is 0.423. The molecular formula is C17H15N5O. The minimum atomic E-state index is 0.0510. The maximum Gasteiger partial charge on any atom is 0.153 e. The molecule has 6 nitrogen and oxygen atoms in total. The molecule has 0 fully saturated rings. The second-order valence-electron chi connectivity index (χ2n) is 4.80. The van der Waals surface area contributed by atoms with Crippen molar-refractivity contribution in [3.8, 4) is 12.1 Å². The van der Waals surface area contributed by atoms with Crippen molar-refractivity contribution < 1.29 is 5.11 Å². The van der Waals surface area contributed by atoms with Crippen LogP contribution in [0.3, 0.4) is 0 Å². The number of aliphatic hydroxyl groups is 1. The Labute approximate surface area is 134 Å². The van der Waals surface area contributed by atoms with Crippen molar-refractivity contribution in [2.24, 2.45) is 0 Å². The lowest BCUT2D eigenvalue weighted by molar-refractivity contribution is 0.304. The average molecular weight is 305 g/mol. The zero-order valence-electron chi connectivity index (χ0n) is 12.6. The third-order valence-electron chi connectivity index (χ3n) is 3.25. The van der Waals surface area contributed by atoms with E-state index in [1.54, 1.807) is 42.7 Å². The second-order valence-corrected chi connectivity index (χ2v) is 4.80. The van der Waals surface area contributed by atoms with Crippen LogP contribution in [0.5, 0.6) is 0 Å². The molecule has 0 saturated carbocycles. The summed E-state index contributed by atoms with van der Waals surface area (Å²) in [4.78, 5) is 10.3. The molecule has 23 heavy (non-hydrogen) atoms. The van der Waals surface area contributed by atoms with E-state index in [2.05, 4.69) is 16.0 Å². The highest BCUT2D eigenvalue weighted by Crippen LogP contribution is 2.17. The lowest BCUT2D eigenvalue weighted by Crippen LogP contribution is -2.21. The fraction of sp³-hybridized carbons (Fsp3) is 0.176. The Balaban J connectivity index is 2.24. The minimum absolute atomic E-state index is 0.0510. The summed E-state index contributed by atoms with van der Waals surface area (Å²) in [6.07, 6.45) is 4.88. The molecule has 0 bridgehead atoms. The van der Waals surface area contributed by atoms with Crippen LogP contribution in [0.4, 0.5) is 5.69 Å². The Morgan fingerprint density at radius 1 is 1.22 bits per heavy atom. The number of allylic oxidation sites excluding steroid dienone is 1. The largest absolute Gasteiger partial charge is 0.395 e. The summed E-state index contributed by atoms with van der Waals surface area (Å²) in [6.45, 7) is 0.544. The van der Waals surface area contributed by atoms with E-state index in [1.165, 1.54) is 0 Å². The third kappa shape index (κ3) is 4.13. The second kappa shape index (κ2) is 7.69. The van der Waals surface area contributed by atoms with Crippen molar-refractivity contribution in [1.82, 2.24) is 9.97 Å². The highest BCUT2D eigenvalue weighted by atomic mass is 16.3. The molecule has 0 saturated heterocycles. The van der Waals surface area contributed by atoms with Gasteiger partial charge in [0.1, 0.15) is 0 Å². The molecule has 0 amide bonds. The van der Waals surface area contributed by atoms with Gasteiger partial charge in [0, 0.05) is 19.7 Å². The van der Waals surface area contributed by atoms with Crippen LogP contribution in [0.25, 0.3) is 11.6 Å². The molecule has 0 aliphatic rings. The van der Waals surface area contributed by atoms with Crippen LogP contribution in [0.2, 0.25) is 0 Å². The monoisotopic (exact) mass is 305 g/mol. The number of likely N-dealkylation sites (N-methyl/N-ethyl adjacent to an activating group) is 1. The van der Waals surface area contributed by atoms with Crippen molar-refractivity contribution in [3.63, 3.8) is 0 Å².